The zero-order chi connectivity index (χ0) is 17.6. The van der Waals surface area contributed by atoms with Crippen molar-refractivity contribution < 1.29 is 31.1 Å². The van der Waals surface area contributed by atoms with Gasteiger partial charge in [0.1, 0.15) is 28.8 Å². The van der Waals surface area contributed by atoms with E-state index < -0.39 is 33.1 Å². The number of sulfonamides is 1. The topological polar surface area (TPSA) is 64.6 Å². The molecule has 1 N–H and O–H groups in total. The fourth-order valence-electron chi connectivity index (χ4n) is 1.82. The predicted octanol–water partition coefficient (Wildman–Crippen LogP) is 2.78. The van der Waals surface area contributed by atoms with Crippen molar-refractivity contribution in [3.05, 3.63) is 54.3 Å². The Labute approximate surface area is 137 Å². The fraction of sp³-hybridized carbons (Fsp3) is 0.200. The minimum atomic E-state index is -4.05. The van der Waals surface area contributed by atoms with Gasteiger partial charge >= 0.3 is 6.61 Å². The molecule has 0 aliphatic carbocycles. The van der Waals surface area contributed by atoms with Crippen LogP contribution in [0.3, 0.4) is 0 Å². The van der Waals surface area contributed by atoms with Gasteiger partial charge in [-0.1, -0.05) is 12.1 Å². The molecule has 9 heteroatoms. The van der Waals surface area contributed by atoms with Crippen LogP contribution >= 0.6 is 0 Å². The summed E-state index contributed by atoms with van der Waals surface area (Å²) in [6.07, 6.45) is 0. The highest BCUT2D eigenvalue weighted by Crippen LogP contribution is 2.24. The second kappa shape index (κ2) is 8.02. The summed E-state index contributed by atoms with van der Waals surface area (Å²) < 4.78 is 73.3. The van der Waals surface area contributed by atoms with E-state index in [0.717, 1.165) is 12.1 Å². The first-order valence-corrected chi connectivity index (χ1v) is 8.29. The van der Waals surface area contributed by atoms with Crippen molar-refractivity contribution in [1.29, 1.82) is 0 Å². The Morgan fingerprint density at radius 3 is 2.38 bits per heavy atom. The first-order chi connectivity index (χ1) is 11.4. The Bertz CT molecular complexity index is 767. The Morgan fingerprint density at radius 1 is 1.04 bits per heavy atom. The second-order valence-corrected chi connectivity index (χ2v) is 6.26. The number of hydrogen-bond acceptors (Lipinski definition) is 4. The molecule has 2 aromatic rings. The Hall–Kier alpha value is -2.26. The molecular formula is C15H14F3NO4S. The smallest absolute Gasteiger partial charge is 0.387 e. The second-order valence-electron chi connectivity index (χ2n) is 4.53. The molecule has 0 heterocycles. The first-order valence-electron chi connectivity index (χ1n) is 6.80. The van der Waals surface area contributed by atoms with Crippen LogP contribution in [-0.2, 0) is 10.0 Å². The van der Waals surface area contributed by atoms with Gasteiger partial charge in [0.25, 0.3) is 0 Å². The maximum Gasteiger partial charge on any atom is 0.387 e. The number of benzene rings is 2. The number of para-hydroxylation sites is 1. The third-order valence-electron chi connectivity index (χ3n) is 2.83. The van der Waals surface area contributed by atoms with Gasteiger partial charge in [-0.2, -0.15) is 8.78 Å². The average Bonchev–Trinajstić information content (AvgIpc) is 2.53. The predicted molar refractivity (Wildman–Crippen MR) is 80.2 cm³/mol. The molecule has 24 heavy (non-hydrogen) atoms. The molecule has 0 fully saturated rings. The van der Waals surface area contributed by atoms with Crippen LogP contribution in [0, 0.1) is 5.82 Å². The van der Waals surface area contributed by atoms with Gasteiger partial charge in [-0.15, -0.1) is 0 Å². The monoisotopic (exact) mass is 361 g/mol. The summed E-state index contributed by atoms with van der Waals surface area (Å²) in [5, 5.41) is 0. The molecule has 0 saturated carbocycles. The van der Waals surface area contributed by atoms with Crippen molar-refractivity contribution in [2.24, 2.45) is 0 Å². The molecule has 0 radical (unpaired) electrons. The van der Waals surface area contributed by atoms with E-state index in [0.29, 0.717) is 5.75 Å². The van der Waals surface area contributed by atoms with E-state index in [2.05, 4.69) is 9.46 Å². The van der Waals surface area contributed by atoms with Crippen LogP contribution in [0.25, 0.3) is 0 Å². The molecule has 0 spiro atoms. The number of hydrogen-bond donors (Lipinski definition) is 1. The summed E-state index contributed by atoms with van der Waals surface area (Å²) in [4.78, 5) is -0.396. The summed E-state index contributed by atoms with van der Waals surface area (Å²) >= 11 is 0. The molecule has 0 amide bonds. The number of rotatable bonds is 8. The van der Waals surface area contributed by atoms with Gasteiger partial charge < -0.3 is 9.47 Å². The molecule has 0 aromatic heterocycles. The van der Waals surface area contributed by atoms with Gasteiger partial charge in [0.15, 0.2) is 0 Å². The molecule has 2 aromatic carbocycles. The lowest BCUT2D eigenvalue weighted by Crippen LogP contribution is -2.28. The molecule has 0 saturated heterocycles. The fourth-order valence-corrected chi connectivity index (χ4v) is 2.97. The number of ether oxygens (including phenoxy) is 2. The average molecular weight is 361 g/mol. The highest BCUT2D eigenvalue weighted by molar-refractivity contribution is 7.89. The Balaban J connectivity index is 1.95. The van der Waals surface area contributed by atoms with Crippen LogP contribution in [0.5, 0.6) is 11.5 Å². The van der Waals surface area contributed by atoms with E-state index >= 15 is 0 Å². The third-order valence-corrected chi connectivity index (χ3v) is 4.33. The van der Waals surface area contributed by atoms with Crippen LogP contribution < -0.4 is 14.2 Å². The molecule has 0 bridgehead atoms. The van der Waals surface area contributed by atoms with E-state index in [1.165, 1.54) is 36.4 Å². The highest BCUT2D eigenvalue weighted by atomic mass is 32.2. The number of halogens is 3. The quantitative estimate of drug-likeness (QED) is 0.735. The minimum Gasteiger partial charge on any atom is -0.492 e. The van der Waals surface area contributed by atoms with Gasteiger partial charge in [-0.25, -0.2) is 17.5 Å². The molecule has 5 nitrogen and oxygen atoms in total. The van der Waals surface area contributed by atoms with Gasteiger partial charge in [0.05, 0.1) is 0 Å². The molecule has 130 valence electrons. The van der Waals surface area contributed by atoms with Crippen molar-refractivity contribution in [2.45, 2.75) is 11.5 Å². The van der Waals surface area contributed by atoms with Crippen molar-refractivity contribution in [2.75, 3.05) is 13.2 Å². The summed E-state index contributed by atoms with van der Waals surface area (Å²) in [7, 11) is -4.05. The maximum absolute atomic E-state index is 12.7. The van der Waals surface area contributed by atoms with Gasteiger partial charge in [-0.3, -0.25) is 0 Å². The van der Waals surface area contributed by atoms with E-state index in [-0.39, 0.29) is 13.2 Å². The van der Waals surface area contributed by atoms with Crippen LogP contribution in [0.4, 0.5) is 13.2 Å². The van der Waals surface area contributed by atoms with Crippen molar-refractivity contribution in [3.63, 3.8) is 0 Å². The number of nitrogens with one attached hydrogen (secondary N) is 1. The van der Waals surface area contributed by atoms with Crippen molar-refractivity contribution >= 4 is 10.0 Å². The Kier molecular flexibility index (Phi) is 6.04. The molecule has 2 rings (SSSR count). The standard InChI is InChI=1S/C15H14F3NO4S/c16-11-5-7-12(8-6-11)22-10-9-19-24(20,21)14-4-2-1-3-13(14)23-15(17)18/h1-8,15,19H,9-10H2. The lowest BCUT2D eigenvalue weighted by Gasteiger charge is -2.12. The van der Waals surface area contributed by atoms with E-state index in [1.54, 1.807) is 0 Å². The third kappa shape index (κ3) is 5.14. The lowest BCUT2D eigenvalue weighted by molar-refractivity contribution is -0.0517. The molecule has 0 unspecified atom stereocenters. The van der Waals surface area contributed by atoms with E-state index in [1.807, 2.05) is 0 Å². The van der Waals surface area contributed by atoms with E-state index in [9.17, 15) is 21.6 Å². The van der Waals surface area contributed by atoms with Gasteiger partial charge in [0, 0.05) is 6.54 Å². The van der Waals surface area contributed by atoms with Crippen molar-refractivity contribution in [3.8, 4) is 11.5 Å². The largest absolute Gasteiger partial charge is 0.492 e. The summed E-state index contributed by atoms with van der Waals surface area (Å²) in [6.45, 7) is -3.27. The van der Waals surface area contributed by atoms with Crippen LogP contribution in [0.15, 0.2) is 53.4 Å². The minimum absolute atomic E-state index is 0.0251. The Morgan fingerprint density at radius 2 is 1.71 bits per heavy atom. The molecular weight excluding hydrogens is 347 g/mol. The van der Waals surface area contributed by atoms with Gasteiger partial charge in [-0.05, 0) is 36.4 Å². The number of alkyl halides is 2. The molecule has 0 aliphatic rings. The molecule has 0 atom stereocenters. The van der Waals surface area contributed by atoms with Crippen molar-refractivity contribution in [1.82, 2.24) is 4.72 Å². The van der Waals surface area contributed by atoms with Crippen LogP contribution in [0.1, 0.15) is 0 Å². The normalized spacial score (nSPS) is 11.5. The summed E-state index contributed by atoms with van der Waals surface area (Å²) in [5.41, 5.74) is 0. The first kappa shape index (κ1) is 18.1. The van der Waals surface area contributed by atoms with Crippen LogP contribution in [-0.4, -0.2) is 28.2 Å². The molecule has 0 aliphatic heterocycles. The zero-order valence-corrected chi connectivity index (χ0v) is 13.1. The highest BCUT2D eigenvalue weighted by Gasteiger charge is 2.20. The summed E-state index contributed by atoms with van der Waals surface area (Å²) in [5.74, 6) is -0.491. The summed E-state index contributed by atoms with van der Waals surface area (Å²) in [6, 6.07) is 10.3. The lowest BCUT2D eigenvalue weighted by atomic mass is 10.3. The maximum atomic E-state index is 12.7. The van der Waals surface area contributed by atoms with Gasteiger partial charge in [0.2, 0.25) is 10.0 Å². The van der Waals surface area contributed by atoms with E-state index in [4.69, 9.17) is 4.74 Å². The van der Waals surface area contributed by atoms with Crippen LogP contribution in [0.2, 0.25) is 0 Å². The zero-order valence-electron chi connectivity index (χ0n) is 12.3. The SMILES string of the molecule is O=S(=O)(NCCOc1ccc(F)cc1)c1ccccc1OC(F)F.